The Hall–Kier alpha value is -1.11. The summed E-state index contributed by atoms with van der Waals surface area (Å²) in [6.45, 7) is 2.08. The lowest BCUT2D eigenvalue weighted by Gasteiger charge is -2.31. The first-order chi connectivity index (χ1) is 9.69. The number of amides is 1. The normalized spacial score (nSPS) is 11.8. The molecule has 0 atom stereocenters. The Balaban J connectivity index is 3.18. The second-order valence-electron chi connectivity index (χ2n) is 4.64. The molecule has 2 nitrogen and oxygen atoms in total. The van der Waals surface area contributed by atoms with Crippen molar-refractivity contribution in [1.82, 2.24) is 4.90 Å². The van der Waals surface area contributed by atoms with Gasteiger partial charge in [0.2, 0.25) is 0 Å². The van der Waals surface area contributed by atoms with Gasteiger partial charge < -0.3 is 4.90 Å². The van der Waals surface area contributed by atoms with Crippen molar-refractivity contribution in [3.05, 3.63) is 34.1 Å². The standard InChI is InChI=1S/C14H16BrF4NO/c1-3-10(4-2)20(8-14(17,18)19)13(21)11-7-9(16)5-6-12(11)15/h5-7,10H,3-4,8H2,1-2H3. The number of halogens is 5. The first kappa shape index (κ1) is 17.9. The number of carbonyl (C=O) groups excluding carboxylic acids is 1. The molecule has 1 aromatic carbocycles. The fraction of sp³-hybridized carbons (Fsp3) is 0.500. The van der Waals surface area contributed by atoms with E-state index in [1.54, 1.807) is 13.8 Å². The van der Waals surface area contributed by atoms with Gasteiger partial charge in [-0.1, -0.05) is 13.8 Å². The number of carbonyl (C=O) groups is 1. The van der Waals surface area contributed by atoms with Crippen molar-refractivity contribution in [2.75, 3.05) is 6.54 Å². The van der Waals surface area contributed by atoms with Gasteiger partial charge in [-0.15, -0.1) is 0 Å². The van der Waals surface area contributed by atoms with Gasteiger partial charge in [0, 0.05) is 10.5 Å². The summed E-state index contributed by atoms with van der Waals surface area (Å²) < 4.78 is 51.7. The van der Waals surface area contributed by atoms with Crippen molar-refractivity contribution in [1.29, 1.82) is 0 Å². The molecular formula is C14H16BrF4NO. The molecule has 1 aromatic rings. The van der Waals surface area contributed by atoms with E-state index in [4.69, 9.17) is 0 Å². The van der Waals surface area contributed by atoms with Gasteiger partial charge in [-0.2, -0.15) is 13.2 Å². The van der Waals surface area contributed by atoms with Gasteiger partial charge in [-0.05, 0) is 47.0 Å². The van der Waals surface area contributed by atoms with Crippen molar-refractivity contribution >= 4 is 21.8 Å². The molecule has 0 bridgehead atoms. The summed E-state index contributed by atoms with van der Waals surface area (Å²) in [6.07, 6.45) is -3.71. The van der Waals surface area contributed by atoms with Crippen LogP contribution in [0, 0.1) is 5.82 Å². The molecule has 0 spiro atoms. The van der Waals surface area contributed by atoms with E-state index in [0.717, 1.165) is 17.0 Å². The molecule has 1 amide bonds. The summed E-state index contributed by atoms with van der Waals surface area (Å²) in [4.78, 5) is 13.1. The summed E-state index contributed by atoms with van der Waals surface area (Å²) in [7, 11) is 0. The van der Waals surface area contributed by atoms with Crippen LogP contribution in [-0.2, 0) is 0 Å². The molecule has 0 N–H and O–H groups in total. The maximum atomic E-state index is 13.3. The first-order valence-electron chi connectivity index (χ1n) is 6.52. The van der Waals surface area contributed by atoms with Gasteiger partial charge >= 0.3 is 6.18 Å². The molecule has 1 rings (SSSR count). The van der Waals surface area contributed by atoms with Crippen molar-refractivity contribution in [3.63, 3.8) is 0 Å². The molecule has 0 aliphatic rings. The van der Waals surface area contributed by atoms with Gasteiger partial charge in [0.05, 0.1) is 5.56 Å². The fourth-order valence-electron chi connectivity index (χ4n) is 2.11. The predicted molar refractivity (Wildman–Crippen MR) is 75.6 cm³/mol. The molecule has 0 saturated carbocycles. The highest BCUT2D eigenvalue weighted by Crippen LogP contribution is 2.25. The third kappa shape index (κ3) is 4.98. The summed E-state index contributed by atoms with van der Waals surface area (Å²) in [5.74, 6) is -1.49. The molecule has 7 heteroatoms. The summed E-state index contributed by atoms with van der Waals surface area (Å²) in [5, 5.41) is 0. The van der Waals surface area contributed by atoms with E-state index in [9.17, 15) is 22.4 Å². The number of benzene rings is 1. The predicted octanol–water partition coefficient (Wildman–Crippen LogP) is 4.78. The molecule has 0 aliphatic heterocycles. The molecule has 0 unspecified atom stereocenters. The largest absolute Gasteiger partial charge is 0.406 e. The second kappa shape index (κ2) is 7.24. The zero-order valence-corrected chi connectivity index (χ0v) is 13.3. The SMILES string of the molecule is CCC(CC)N(CC(F)(F)F)C(=O)c1cc(F)ccc1Br. The lowest BCUT2D eigenvalue weighted by atomic mass is 10.1. The third-order valence-corrected chi connectivity index (χ3v) is 3.84. The zero-order valence-electron chi connectivity index (χ0n) is 11.7. The van der Waals surface area contributed by atoms with E-state index in [1.165, 1.54) is 6.07 Å². The molecule has 0 heterocycles. The minimum atomic E-state index is -4.50. The Morgan fingerprint density at radius 2 is 1.86 bits per heavy atom. The van der Waals surface area contributed by atoms with Gasteiger partial charge in [0.15, 0.2) is 0 Å². The van der Waals surface area contributed by atoms with E-state index in [-0.39, 0.29) is 10.0 Å². The number of rotatable bonds is 5. The van der Waals surface area contributed by atoms with Crippen molar-refractivity contribution < 1.29 is 22.4 Å². The van der Waals surface area contributed by atoms with Crippen molar-refractivity contribution in [2.45, 2.75) is 38.9 Å². The Kier molecular flexibility index (Phi) is 6.19. The highest BCUT2D eigenvalue weighted by molar-refractivity contribution is 9.10. The van der Waals surface area contributed by atoms with E-state index in [0.29, 0.717) is 12.8 Å². The Labute approximate surface area is 129 Å². The fourth-order valence-corrected chi connectivity index (χ4v) is 2.52. The smallest absolute Gasteiger partial charge is 0.327 e. The number of hydrogen-bond acceptors (Lipinski definition) is 1. The van der Waals surface area contributed by atoms with E-state index in [2.05, 4.69) is 15.9 Å². The van der Waals surface area contributed by atoms with Crippen LogP contribution in [0.1, 0.15) is 37.0 Å². The minimum Gasteiger partial charge on any atom is -0.327 e. The summed E-state index contributed by atoms with van der Waals surface area (Å²) in [5.41, 5.74) is -0.105. The molecule has 0 saturated heterocycles. The van der Waals surface area contributed by atoms with Crippen LogP contribution < -0.4 is 0 Å². The lowest BCUT2D eigenvalue weighted by Crippen LogP contribution is -2.45. The zero-order chi connectivity index (χ0) is 16.2. The van der Waals surface area contributed by atoms with E-state index in [1.807, 2.05) is 0 Å². The molecule has 0 radical (unpaired) electrons. The van der Waals surface area contributed by atoms with Crippen LogP contribution in [-0.4, -0.2) is 29.6 Å². The van der Waals surface area contributed by atoms with Crippen LogP contribution in [0.15, 0.2) is 22.7 Å². The summed E-state index contributed by atoms with van der Waals surface area (Å²) in [6, 6.07) is 2.83. The minimum absolute atomic E-state index is 0.105. The quantitative estimate of drug-likeness (QED) is 0.683. The Morgan fingerprint density at radius 1 is 1.29 bits per heavy atom. The van der Waals surface area contributed by atoms with Gasteiger partial charge in [0.1, 0.15) is 12.4 Å². The van der Waals surface area contributed by atoms with E-state index >= 15 is 0 Å². The van der Waals surface area contributed by atoms with Gasteiger partial charge in [-0.3, -0.25) is 4.79 Å². The highest BCUT2D eigenvalue weighted by atomic mass is 79.9. The van der Waals surface area contributed by atoms with Crippen LogP contribution >= 0.6 is 15.9 Å². The monoisotopic (exact) mass is 369 g/mol. The number of alkyl halides is 3. The molecular weight excluding hydrogens is 354 g/mol. The highest BCUT2D eigenvalue weighted by Gasteiger charge is 2.36. The molecule has 21 heavy (non-hydrogen) atoms. The average molecular weight is 370 g/mol. The summed E-state index contributed by atoms with van der Waals surface area (Å²) >= 11 is 3.08. The molecule has 0 fully saturated rings. The van der Waals surface area contributed by atoms with Crippen LogP contribution in [0.4, 0.5) is 17.6 Å². The van der Waals surface area contributed by atoms with Crippen molar-refractivity contribution in [2.24, 2.45) is 0 Å². The molecule has 118 valence electrons. The maximum Gasteiger partial charge on any atom is 0.406 e. The Morgan fingerprint density at radius 3 is 2.33 bits per heavy atom. The van der Waals surface area contributed by atoms with Crippen LogP contribution in [0.25, 0.3) is 0 Å². The lowest BCUT2D eigenvalue weighted by molar-refractivity contribution is -0.144. The number of nitrogens with zero attached hydrogens (tertiary/aromatic N) is 1. The van der Waals surface area contributed by atoms with Gasteiger partial charge in [-0.25, -0.2) is 4.39 Å². The Bertz CT molecular complexity index is 500. The number of hydrogen-bond donors (Lipinski definition) is 0. The molecule has 0 aromatic heterocycles. The third-order valence-electron chi connectivity index (χ3n) is 3.15. The average Bonchev–Trinajstić information content (AvgIpc) is 2.39. The van der Waals surface area contributed by atoms with Crippen LogP contribution in [0.5, 0.6) is 0 Å². The maximum absolute atomic E-state index is 13.3. The van der Waals surface area contributed by atoms with E-state index < -0.39 is 30.5 Å². The van der Waals surface area contributed by atoms with Crippen LogP contribution in [0.3, 0.4) is 0 Å². The topological polar surface area (TPSA) is 20.3 Å². The van der Waals surface area contributed by atoms with Crippen LogP contribution in [0.2, 0.25) is 0 Å². The second-order valence-corrected chi connectivity index (χ2v) is 5.50. The first-order valence-corrected chi connectivity index (χ1v) is 7.31. The van der Waals surface area contributed by atoms with Gasteiger partial charge in [0.25, 0.3) is 5.91 Å². The van der Waals surface area contributed by atoms with Crippen molar-refractivity contribution in [3.8, 4) is 0 Å². The molecule has 0 aliphatic carbocycles.